The van der Waals surface area contributed by atoms with Crippen molar-refractivity contribution in [1.82, 2.24) is 5.32 Å². The van der Waals surface area contributed by atoms with Crippen molar-refractivity contribution in [1.29, 1.82) is 0 Å². The third-order valence-corrected chi connectivity index (χ3v) is 5.70. The summed E-state index contributed by atoms with van der Waals surface area (Å²) in [7, 11) is 0. The summed E-state index contributed by atoms with van der Waals surface area (Å²) < 4.78 is 13.0. The molecule has 2 aliphatic rings. The van der Waals surface area contributed by atoms with Gasteiger partial charge in [0, 0.05) is 36.6 Å². The molecular weight excluding hydrogens is 393 g/mol. The Kier molecular flexibility index (Phi) is 4.63. The SMILES string of the molecule is C[C@]1(O)Cc2c(O)c3c(c(O)c2C[C@H]1O)C(=O)C=C(NCc1ccc(F)cc1)C3=O. The highest BCUT2D eigenvalue weighted by Crippen LogP contribution is 2.45. The van der Waals surface area contributed by atoms with Gasteiger partial charge in [0.05, 0.1) is 28.5 Å². The lowest BCUT2D eigenvalue weighted by Gasteiger charge is -2.36. The van der Waals surface area contributed by atoms with Crippen LogP contribution in [0.5, 0.6) is 11.5 Å². The van der Waals surface area contributed by atoms with Crippen LogP contribution < -0.4 is 5.32 Å². The van der Waals surface area contributed by atoms with Crippen molar-refractivity contribution in [3.05, 3.63) is 69.7 Å². The quantitative estimate of drug-likeness (QED) is 0.483. The van der Waals surface area contributed by atoms with Gasteiger partial charge in [-0.25, -0.2) is 4.39 Å². The molecule has 4 rings (SSSR count). The van der Waals surface area contributed by atoms with E-state index in [-0.39, 0.29) is 47.3 Å². The number of hydrogen-bond acceptors (Lipinski definition) is 7. The van der Waals surface area contributed by atoms with Crippen LogP contribution in [0.3, 0.4) is 0 Å². The number of aliphatic hydroxyl groups is 2. The van der Waals surface area contributed by atoms with Crippen LogP contribution in [0.4, 0.5) is 4.39 Å². The van der Waals surface area contributed by atoms with Crippen LogP contribution in [-0.2, 0) is 19.4 Å². The number of aliphatic hydroxyl groups excluding tert-OH is 1. The number of nitrogens with one attached hydrogen (secondary N) is 1. The van der Waals surface area contributed by atoms with Crippen LogP contribution in [0.1, 0.15) is 44.3 Å². The molecule has 0 amide bonds. The number of halogens is 1. The second kappa shape index (κ2) is 6.93. The number of aromatic hydroxyl groups is 2. The Hall–Kier alpha value is -3.23. The molecule has 2 aliphatic carbocycles. The summed E-state index contributed by atoms with van der Waals surface area (Å²) in [5.74, 6) is -2.72. The van der Waals surface area contributed by atoms with Crippen LogP contribution in [0.2, 0.25) is 0 Å². The highest BCUT2D eigenvalue weighted by Gasteiger charge is 2.43. The number of Topliss-reactive ketones (excluding diaryl/α,β-unsaturated/α-hetero) is 1. The Balaban J connectivity index is 1.72. The van der Waals surface area contributed by atoms with Gasteiger partial charge in [0.1, 0.15) is 17.3 Å². The first kappa shape index (κ1) is 20.1. The maximum atomic E-state index is 13.0. The molecule has 0 spiro atoms. The number of hydrogen-bond donors (Lipinski definition) is 5. The van der Waals surface area contributed by atoms with Crippen molar-refractivity contribution < 1.29 is 34.4 Å². The first-order valence-electron chi connectivity index (χ1n) is 9.39. The van der Waals surface area contributed by atoms with E-state index < -0.39 is 40.6 Å². The zero-order chi connectivity index (χ0) is 21.8. The van der Waals surface area contributed by atoms with Gasteiger partial charge in [-0.1, -0.05) is 12.1 Å². The highest BCUT2D eigenvalue weighted by molar-refractivity contribution is 6.26. The molecule has 0 fully saturated rings. The summed E-state index contributed by atoms with van der Waals surface area (Å²) in [6.45, 7) is 1.53. The van der Waals surface area contributed by atoms with Crippen LogP contribution in [0.25, 0.3) is 0 Å². The molecule has 0 saturated heterocycles. The molecule has 2 aromatic rings. The van der Waals surface area contributed by atoms with Crippen LogP contribution in [0, 0.1) is 5.82 Å². The number of rotatable bonds is 3. The van der Waals surface area contributed by atoms with Gasteiger partial charge in [-0.05, 0) is 24.6 Å². The van der Waals surface area contributed by atoms with E-state index in [4.69, 9.17) is 0 Å². The van der Waals surface area contributed by atoms with E-state index in [0.717, 1.165) is 6.08 Å². The van der Waals surface area contributed by atoms with E-state index in [1.165, 1.54) is 31.2 Å². The van der Waals surface area contributed by atoms with Gasteiger partial charge < -0.3 is 25.7 Å². The fourth-order valence-corrected chi connectivity index (χ4v) is 3.92. The Morgan fingerprint density at radius 2 is 1.73 bits per heavy atom. The van der Waals surface area contributed by atoms with Crippen molar-refractivity contribution in [2.24, 2.45) is 0 Å². The molecule has 0 aliphatic heterocycles. The van der Waals surface area contributed by atoms with Gasteiger partial charge in [0.15, 0.2) is 5.78 Å². The monoisotopic (exact) mass is 413 g/mol. The predicted octanol–water partition coefficient (Wildman–Crippen LogP) is 1.50. The molecule has 156 valence electrons. The molecule has 2 aromatic carbocycles. The van der Waals surface area contributed by atoms with E-state index in [0.29, 0.717) is 5.56 Å². The summed E-state index contributed by atoms with van der Waals surface area (Å²) in [6, 6.07) is 5.59. The summed E-state index contributed by atoms with van der Waals surface area (Å²) in [4.78, 5) is 25.7. The number of carbonyl (C=O) groups excluding carboxylic acids is 2. The average molecular weight is 413 g/mol. The first-order valence-corrected chi connectivity index (χ1v) is 9.39. The van der Waals surface area contributed by atoms with Crippen molar-refractivity contribution >= 4 is 11.6 Å². The van der Waals surface area contributed by atoms with Gasteiger partial charge in [-0.15, -0.1) is 0 Å². The molecule has 30 heavy (non-hydrogen) atoms. The average Bonchev–Trinajstić information content (AvgIpc) is 2.69. The fourth-order valence-electron chi connectivity index (χ4n) is 3.92. The number of phenolic OH excluding ortho intramolecular Hbond substituents is 2. The third kappa shape index (κ3) is 3.14. The second-order valence-corrected chi connectivity index (χ2v) is 7.89. The van der Waals surface area contributed by atoms with E-state index in [9.17, 15) is 34.4 Å². The Morgan fingerprint density at radius 3 is 2.40 bits per heavy atom. The number of carbonyl (C=O) groups is 2. The van der Waals surface area contributed by atoms with Gasteiger partial charge in [-0.2, -0.15) is 0 Å². The Labute approximate surface area is 171 Å². The fraction of sp³-hybridized carbons (Fsp3) is 0.273. The van der Waals surface area contributed by atoms with E-state index in [1.54, 1.807) is 0 Å². The first-order chi connectivity index (χ1) is 14.1. The lowest BCUT2D eigenvalue weighted by atomic mass is 9.75. The molecule has 5 N–H and O–H groups in total. The zero-order valence-electron chi connectivity index (χ0n) is 16.1. The largest absolute Gasteiger partial charge is 0.507 e. The van der Waals surface area contributed by atoms with Gasteiger partial charge in [-0.3, -0.25) is 9.59 Å². The molecule has 0 heterocycles. The minimum absolute atomic E-state index is 0.0749. The number of ketones is 2. The summed E-state index contributed by atoms with van der Waals surface area (Å²) in [5.41, 5.74) is -1.36. The van der Waals surface area contributed by atoms with Gasteiger partial charge >= 0.3 is 0 Å². The molecule has 0 saturated carbocycles. The molecule has 0 bridgehead atoms. The van der Waals surface area contributed by atoms with Crippen molar-refractivity contribution in [2.45, 2.75) is 38.0 Å². The Morgan fingerprint density at radius 1 is 1.10 bits per heavy atom. The summed E-state index contributed by atoms with van der Waals surface area (Å²) >= 11 is 0. The maximum absolute atomic E-state index is 13.0. The third-order valence-electron chi connectivity index (χ3n) is 5.70. The van der Waals surface area contributed by atoms with E-state index in [2.05, 4.69) is 5.32 Å². The molecule has 0 radical (unpaired) electrons. The van der Waals surface area contributed by atoms with Crippen molar-refractivity contribution in [2.75, 3.05) is 0 Å². The summed E-state index contributed by atoms with van der Waals surface area (Å²) in [5, 5.41) is 44.7. The lowest BCUT2D eigenvalue weighted by molar-refractivity contribution is -0.0668. The topological polar surface area (TPSA) is 127 Å². The molecule has 0 unspecified atom stereocenters. The van der Waals surface area contributed by atoms with Gasteiger partial charge in [0.25, 0.3) is 0 Å². The minimum Gasteiger partial charge on any atom is -0.507 e. The summed E-state index contributed by atoms with van der Waals surface area (Å²) in [6.07, 6.45) is -0.531. The van der Waals surface area contributed by atoms with E-state index >= 15 is 0 Å². The molecule has 2 atom stereocenters. The number of benzene rings is 2. The molecular formula is C22H20FNO6. The Bertz CT molecular complexity index is 1100. The molecule has 7 nitrogen and oxygen atoms in total. The number of allylic oxidation sites excluding steroid dienone is 2. The predicted molar refractivity (Wildman–Crippen MR) is 104 cm³/mol. The highest BCUT2D eigenvalue weighted by atomic mass is 19.1. The molecule has 0 aromatic heterocycles. The lowest BCUT2D eigenvalue weighted by Crippen LogP contribution is -2.46. The number of fused-ring (bicyclic) bond motifs is 2. The van der Waals surface area contributed by atoms with Gasteiger partial charge in [0.2, 0.25) is 5.78 Å². The standard InChI is InChI=1S/C22H20FNO6/c1-22(30)8-13-12(6-16(22)26)19(27)17-15(25)7-14(21(29)18(17)20(13)28)24-9-10-2-4-11(23)5-3-10/h2-5,7,16,24,26-28,30H,6,8-9H2,1H3/t16-,22+/m1/s1. The van der Waals surface area contributed by atoms with Crippen LogP contribution >= 0.6 is 0 Å². The smallest absolute Gasteiger partial charge is 0.213 e. The van der Waals surface area contributed by atoms with Crippen LogP contribution in [-0.4, -0.2) is 43.7 Å². The number of phenols is 2. The minimum atomic E-state index is -1.56. The normalized spacial score (nSPS) is 22.9. The zero-order valence-corrected chi connectivity index (χ0v) is 16.1. The maximum Gasteiger partial charge on any atom is 0.213 e. The second-order valence-electron chi connectivity index (χ2n) is 7.89. The van der Waals surface area contributed by atoms with Crippen molar-refractivity contribution in [3.8, 4) is 11.5 Å². The van der Waals surface area contributed by atoms with Crippen LogP contribution in [0.15, 0.2) is 36.0 Å². The van der Waals surface area contributed by atoms with E-state index in [1.807, 2.05) is 0 Å². The van der Waals surface area contributed by atoms with Crippen molar-refractivity contribution in [3.63, 3.8) is 0 Å². The molecule has 8 heteroatoms.